The Morgan fingerprint density at radius 1 is 1.10 bits per heavy atom. The fourth-order valence-corrected chi connectivity index (χ4v) is 8.04. The van der Waals surface area contributed by atoms with Crippen molar-refractivity contribution in [1.29, 1.82) is 0 Å². The average Bonchev–Trinajstić information content (AvgIpc) is 2.95. The molecular formula is C24H33ClO4. The molecule has 0 aliphatic heterocycles. The number of hydrogen-bond donors (Lipinski definition) is 0. The fourth-order valence-electron chi connectivity index (χ4n) is 7.59. The highest BCUT2D eigenvalue weighted by Crippen LogP contribution is 2.68. The predicted octanol–water partition coefficient (Wildman–Crippen LogP) is 5.55. The molecule has 0 unspecified atom stereocenters. The lowest BCUT2D eigenvalue weighted by molar-refractivity contribution is -0.186. The van der Waals surface area contributed by atoms with Crippen LogP contribution in [0.25, 0.3) is 0 Å². The maximum Gasteiger partial charge on any atom is 0.303 e. The van der Waals surface area contributed by atoms with Gasteiger partial charge in [0.25, 0.3) is 0 Å². The zero-order valence-corrected chi connectivity index (χ0v) is 19.0. The van der Waals surface area contributed by atoms with Gasteiger partial charge >= 0.3 is 5.97 Å². The first-order chi connectivity index (χ1) is 13.6. The molecule has 0 bridgehead atoms. The van der Waals surface area contributed by atoms with Gasteiger partial charge in [-0.3, -0.25) is 9.59 Å². The van der Waals surface area contributed by atoms with E-state index in [1.54, 1.807) is 14.0 Å². The summed E-state index contributed by atoms with van der Waals surface area (Å²) in [6.07, 6.45) is 8.50. The highest BCUT2D eigenvalue weighted by atomic mass is 35.5. The summed E-state index contributed by atoms with van der Waals surface area (Å²) in [6, 6.07) is 0. The van der Waals surface area contributed by atoms with Crippen LogP contribution in [-0.2, 0) is 19.1 Å². The molecule has 0 amide bonds. The number of ether oxygens (including phenoxy) is 2. The number of carbonyl (C=O) groups is 2. The number of hydrogen-bond acceptors (Lipinski definition) is 4. The third-order valence-corrected chi connectivity index (χ3v) is 9.40. The first kappa shape index (κ1) is 21.0. The Kier molecular flexibility index (Phi) is 4.96. The first-order valence-corrected chi connectivity index (χ1v) is 11.3. The van der Waals surface area contributed by atoms with Crippen molar-refractivity contribution in [3.8, 4) is 0 Å². The van der Waals surface area contributed by atoms with E-state index in [-0.39, 0.29) is 22.6 Å². The van der Waals surface area contributed by atoms with Crippen LogP contribution >= 0.6 is 11.6 Å². The number of ketones is 1. The van der Waals surface area contributed by atoms with Crippen LogP contribution in [0.5, 0.6) is 0 Å². The number of fused-ring (bicyclic) bond motifs is 5. The Labute approximate surface area is 179 Å². The summed E-state index contributed by atoms with van der Waals surface area (Å²) in [4.78, 5) is 24.8. The van der Waals surface area contributed by atoms with Crippen LogP contribution in [0.3, 0.4) is 0 Å². The van der Waals surface area contributed by atoms with Gasteiger partial charge in [-0.15, -0.1) is 0 Å². The fraction of sp³-hybridized carbons (Fsp3) is 0.750. The van der Waals surface area contributed by atoms with Crippen LogP contribution in [0.1, 0.15) is 72.6 Å². The third kappa shape index (κ3) is 2.77. The summed E-state index contributed by atoms with van der Waals surface area (Å²) in [7, 11) is 1.73. The highest BCUT2D eigenvalue weighted by Gasteiger charge is 2.67. The molecule has 4 aliphatic rings. The van der Waals surface area contributed by atoms with Crippen molar-refractivity contribution >= 4 is 23.4 Å². The minimum absolute atomic E-state index is 0.00849. The predicted molar refractivity (Wildman–Crippen MR) is 112 cm³/mol. The number of halogens is 1. The Morgan fingerprint density at radius 2 is 1.79 bits per heavy atom. The monoisotopic (exact) mass is 420 g/mol. The van der Waals surface area contributed by atoms with E-state index in [4.69, 9.17) is 21.1 Å². The molecule has 5 heteroatoms. The number of esters is 1. The Bertz CT molecular complexity index is 814. The molecule has 0 heterocycles. The molecule has 29 heavy (non-hydrogen) atoms. The van der Waals surface area contributed by atoms with Gasteiger partial charge in [-0.05, 0) is 80.3 Å². The number of carbonyl (C=O) groups excluding carboxylic acids is 2. The smallest absolute Gasteiger partial charge is 0.303 e. The van der Waals surface area contributed by atoms with E-state index >= 15 is 0 Å². The Hall–Kier alpha value is -1.29. The van der Waals surface area contributed by atoms with Crippen molar-refractivity contribution in [2.24, 2.45) is 28.6 Å². The van der Waals surface area contributed by atoms with E-state index in [0.29, 0.717) is 24.2 Å². The lowest BCUT2D eigenvalue weighted by atomic mass is 9.47. The van der Waals surface area contributed by atoms with Gasteiger partial charge in [-0.25, -0.2) is 0 Å². The molecule has 2 saturated carbocycles. The van der Waals surface area contributed by atoms with Crippen molar-refractivity contribution in [3.63, 3.8) is 0 Å². The average molecular weight is 421 g/mol. The van der Waals surface area contributed by atoms with Crippen LogP contribution in [-0.4, -0.2) is 24.5 Å². The maximum atomic E-state index is 12.8. The summed E-state index contributed by atoms with van der Waals surface area (Å²) in [5.74, 6) is 1.94. The van der Waals surface area contributed by atoms with Crippen molar-refractivity contribution < 1.29 is 19.1 Å². The van der Waals surface area contributed by atoms with Gasteiger partial charge in [0.05, 0.1) is 12.9 Å². The van der Waals surface area contributed by atoms with Crippen molar-refractivity contribution in [2.75, 3.05) is 7.11 Å². The minimum Gasteiger partial charge on any atom is -0.501 e. The second-order valence-electron chi connectivity index (χ2n) is 10.1. The van der Waals surface area contributed by atoms with Gasteiger partial charge in [0, 0.05) is 23.8 Å². The van der Waals surface area contributed by atoms with Crippen molar-refractivity contribution in [1.82, 2.24) is 0 Å². The normalized spacial score (nSPS) is 43.7. The molecule has 4 rings (SSSR count). The van der Waals surface area contributed by atoms with Crippen LogP contribution in [0.15, 0.2) is 22.4 Å². The molecule has 4 nitrogen and oxygen atoms in total. The highest BCUT2D eigenvalue weighted by molar-refractivity contribution is 6.30. The number of Topliss-reactive ketones (excluding diaryl/α,β-unsaturated/α-hetero) is 1. The summed E-state index contributed by atoms with van der Waals surface area (Å²) in [5, 5.41) is 0.945. The van der Waals surface area contributed by atoms with Crippen LogP contribution in [0.4, 0.5) is 0 Å². The van der Waals surface area contributed by atoms with Gasteiger partial charge in [0.1, 0.15) is 0 Å². The van der Waals surface area contributed by atoms with E-state index in [1.165, 1.54) is 12.5 Å². The van der Waals surface area contributed by atoms with Crippen LogP contribution < -0.4 is 0 Å². The van der Waals surface area contributed by atoms with E-state index in [9.17, 15) is 9.59 Å². The summed E-state index contributed by atoms with van der Waals surface area (Å²) >= 11 is 6.90. The number of methoxy groups -OCH3 is 1. The first-order valence-electron chi connectivity index (χ1n) is 10.9. The van der Waals surface area contributed by atoms with Crippen molar-refractivity contribution in [2.45, 2.75) is 78.2 Å². The maximum absolute atomic E-state index is 12.8. The van der Waals surface area contributed by atoms with Gasteiger partial charge < -0.3 is 9.47 Å². The van der Waals surface area contributed by atoms with E-state index in [2.05, 4.69) is 19.9 Å². The topological polar surface area (TPSA) is 52.6 Å². The van der Waals surface area contributed by atoms with Gasteiger partial charge in [0.15, 0.2) is 11.4 Å². The zero-order valence-electron chi connectivity index (χ0n) is 18.3. The molecule has 0 saturated heterocycles. The molecule has 4 aliphatic carbocycles. The SMILES string of the molecule is COC1=CC2=C(Cl)C[C@@H]3[C@H](CC[C@@]4(C)[C@H]3CC[C@]4(OC(C)=O)C(C)=O)[C@@]2(C)CC1. The molecule has 160 valence electrons. The van der Waals surface area contributed by atoms with E-state index < -0.39 is 5.60 Å². The number of rotatable bonds is 3. The molecule has 0 aromatic heterocycles. The lowest BCUT2D eigenvalue weighted by Gasteiger charge is -2.58. The Balaban J connectivity index is 1.75. The number of allylic oxidation sites excluding steroid dienone is 4. The lowest BCUT2D eigenvalue weighted by Crippen LogP contribution is -2.58. The third-order valence-electron chi connectivity index (χ3n) is 9.04. The van der Waals surface area contributed by atoms with Gasteiger partial charge in [-0.1, -0.05) is 25.4 Å². The van der Waals surface area contributed by atoms with E-state index in [1.807, 2.05) is 0 Å². The van der Waals surface area contributed by atoms with Crippen LogP contribution in [0.2, 0.25) is 0 Å². The quantitative estimate of drug-likeness (QED) is 0.562. The standard InChI is InChI=1S/C24H33ClO4/c1-14(26)24(29-15(2)27)11-8-19-17-13-21(25)20-12-16(28-5)6-9-22(20,3)18(17)7-10-23(19,24)4/h12,17-19H,6-11,13H2,1-5H3/t17-,18+,19+,22-,23+,24+/m1/s1. The minimum atomic E-state index is -0.985. The van der Waals surface area contributed by atoms with Crippen LogP contribution in [0, 0.1) is 28.6 Å². The largest absolute Gasteiger partial charge is 0.501 e. The molecule has 2 fully saturated rings. The van der Waals surface area contributed by atoms with Gasteiger partial charge in [0.2, 0.25) is 0 Å². The summed E-state index contributed by atoms with van der Waals surface area (Å²) in [5.41, 5.74) is -0.00453. The second-order valence-corrected chi connectivity index (χ2v) is 10.6. The van der Waals surface area contributed by atoms with E-state index in [0.717, 1.165) is 49.3 Å². The second kappa shape index (κ2) is 6.87. The summed E-state index contributed by atoms with van der Waals surface area (Å²) in [6.45, 7) is 7.56. The van der Waals surface area contributed by atoms with Gasteiger partial charge in [-0.2, -0.15) is 0 Å². The molecular weight excluding hydrogens is 388 g/mol. The molecule has 0 radical (unpaired) electrons. The molecule has 0 aromatic rings. The Morgan fingerprint density at radius 3 is 2.41 bits per heavy atom. The molecule has 0 N–H and O–H groups in total. The molecule has 6 atom stereocenters. The zero-order chi connectivity index (χ0) is 21.2. The summed E-state index contributed by atoms with van der Waals surface area (Å²) < 4.78 is 11.4. The molecule has 0 aromatic carbocycles. The molecule has 0 spiro atoms. The van der Waals surface area contributed by atoms with Crippen molar-refractivity contribution in [3.05, 3.63) is 22.4 Å².